The van der Waals surface area contributed by atoms with Crippen LogP contribution in [0.3, 0.4) is 0 Å². The highest BCUT2D eigenvalue weighted by Gasteiger charge is 2.39. The number of nitrogens with one attached hydrogen (secondary N) is 1. The number of Topliss-reactive ketones (excluding diaryl/α,β-unsaturated/α-hetero) is 1. The molecule has 5 aromatic carbocycles. The first-order valence-corrected chi connectivity index (χ1v) is 30.9. The maximum Gasteiger partial charge on any atom is 0.275 e. The van der Waals surface area contributed by atoms with Gasteiger partial charge in [-0.3, -0.25) is 28.8 Å². The number of fused-ring (bicyclic) bond motifs is 8. The number of methoxy groups -OCH3 is 3. The Morgan fingerprint density at radius 3 is 2.04 bits per heavy atom. The smallest absolute Gasteiger partial charge is 0.275 e. The number of carbonyl (C=O) groups excluding carboxylic acids is 3. The first kappa shape index (κ1) is 59.3. The van der Waals surface area contributed by atoms with Gasteiger partial charge < -0.3 is 48.3 Å². The van der Waals surface area contributed by atoms with Crippen molar-refractivity contribution in [2.75, 3.05) is 99.8 Å². The van der Waals surface area contributed by atoms with Crippen LogP contribution in [0.5, 0.6) is 23.0 Å². The van der Waals surface area contributed by atoms with Crippen LogP contribution in [-0.4, -0.2) is 139 Å². The second-order valence-corrected chi connectivity index (χ2v) is 25.9. The Morgan fingerprint density at radius 1 is 0.778 bits per heavy atom. The molecule has 2 amide bonds. The summed E-state index contributed by atoms with van der Waals surface area (Å²) in [5.74, 6) is 0.539. The van der Waals surface area contributed by atoms with Gasteiger partial charge in [-0.25, -0.2) is 0 Å². The van der Waals surface area contributed by atoms with Crippen molar-refractivity contribution >= 4 is 84.0 Å². The number of hydrogen-bond donors (Lipinski definition) is 2. The molecule has 0 radical (unpaired) electrons. The lowest BCUT2D eigenvalue weighted by molar-refractivity contribution is -0.121. The fraction of sp³-hybridized carbons (Fsp3) is 0.433. The molecule has 0 aromatic heterocycles. The van der Waals surface area contributed by atoms with Crippen LogP contribution >= 0.6 is 21.6 Å². The van der Waals surface area contributed by atoms with Gasteiger partial charge in [0.1, 0.15) is 18.5 Å². The molecule has 0 bridgehead atoms. The minimum Gasteiger partial charge on any atom is -0.493 e. The van der Waals surface area contributed by atoms with Gasteiger partial charge in [-0.05, 0) is 91.4 Å². The Labute approximate surface area is 482 Å². The van der Waals surface area contributed by atoms with Crippen LogP contribution in [0, 0.1) is 5.92 Å². The number of rotatable bonds is 28. The first-order chi connectivity index (χ1) is 39.0. The molecule has 3 atom stereocenters. The number of amides is 2. The Morgan fingerprint density at radius 2 is 1.38 bits per heavy atom. The van der Waals surface area contributed by atoms with Gasteiger partial charge in [0.05, 0.1) is 81.8 Å². The fourth-order valence-corrected chi connectivity index (χ4v) is 14.3. The maximum atomic E-state index is 14.3. The van der Waals surface area contributed by atoms with Crippen molar-refractivity contribution in [3.8, 4) is 23.0 Å². The van der Waals surface area contributed by atoms with Crippen LogP contribution in [0.4, 0.5) is 28.4 Å². The van der Waals surface area contributed by atoms with Crippen molar-refractivity contribution < 1.29 is 60.5 Å². The third kappa shape index (κ3) is 14.0. The van der Waals surface area contributed by atoms with Crippen molar-refractivity contribution in [3.63, 3.8) is 0 Å². The van der Waals surface area contributed by atoms with E-state index < -0.39 is 31.8 Å². The molecule has 432 valence electrons. The molecule has 0 spiro atoms. The average Bonchev–Trinajstić information content (AvgIpc) is 3.68. The largest absolute Gasteiger partial charge is 0.493 e. The van der Waals surface area contributed by atoms with E-state index in [1.807, 2.05) is 71.8 Å². The molecule has 0 saturated carbocycles. The molecule has 5 aromatic rings. The van der Waals surface area contributed by atoms with Crippen LogP contribution in [0.15, 0.2) is 96.0 Å². The summed E-state index contributed by atoms with van der Waals surface area (Å²) in [4.78, 5) is 52.1. The van der Waals surface area contributed by atoms with Gasteiger partial charge in [0, 0.05) is 85.0 Å². The molecule has 4 aliphatic rings. The second-order valence-electron chi connectivity index (χ2n) is 21.2. The van der Waals surface area contributed by atoms with Gasteiger partial charge in [0.2, 0.25) is 0 Å². The lowest BCUT2D eigenvalue weighted by atomic mass is 10.0. The van der Waals surface area contributed by atoms with E-state index in [0.29, 0.717) is 110 Å². The first-order valence-electron chi connectivity index (χ1n) is 27.1. The van der Waals surface area contributed by atoms with E-state index in [1.54, 1.807) is 62.0 Å². The average molecular weight is 1170 g/mol. The molecule has 1 unspecified atom stereocenters. The van der Waals surface area contributed by atoms with Crippen molar-refractivity contribution in [3.05, 3.63) is 124 Å². The summed E-state index contributed by atoms with van der Waals surface area (Å²) in [5, 5.41) is 2.03. The summed E-state index contributed by atoms with van der Waals surface area (Å²) in [6.45, 7) is 11.1. The number of carbonyl (C=O) groups is 3. The monoisotopic (exact) mass is 1170 g/mol. The number of anilines is 4. The maximum absolute atomic E-state index is 14.3. The fourth-order valence-electron chi connectivity index (χ4n) is 10.6. The summed E-state index contributed by atoms with van der Waals surface area (Å²) >= 11 is 0. The molecule has 21 heteroatoms. The standard InChI is InChI=1S/C60H71N5O13S3/c1-38(2)57(66)56(81(69,70)71)16-23-79-80-60(3,4)37-63(17-18-75-21-22-76-20-19-72-5)43-25-39(35-77-54-31-48-46(29-52(54)73-6)58(67)64-44(33-61-48)27-41-12-8-10-14-50(41)64)24-40(26-43)36-78-55-32-49-47(30-53(55)74-7)59(68)65-45(34-62-49)28-42-13-9-11-15-51(42)65/h8-15,24-26,29-33,38,44-45,56,62H,16-23,27-28,34-37H2,1-7H3,(H,69,70,71)/t44-,45-,56?/m0/s1. The number of aliphatic imine (C=N–C) groups is 1. The van der Waals surface area contributed by atoms with Crippen LogP contribution in [-0.2, 0) is 55.2 Å². The van der Waals surface area contributed by atoms with E-state index >= 15 is 0 Å². The number of nitrogens with zero attached hydrogens (tertiary/aromatic N) is 4. The SMILES string of the molecule is COCCOCCOCCN(CC(C)(C)SSCCC(C(=O)C(C)C)S(=O)(=O)O)c1cc(COc2cc3c(cc2OC)C(=O)N2c4ccccc4C[C@H]2C=N3)cc(COc2cc3c(cc2OC)C(=O)N2c4ccccc4C[C@H]2CN3)c1. The quantitative estimate of drug-likeness (QED) is 0.0272. The van der Waals surface area contributed by atoms with Gasteiger partial charge in [-0.1, -0.05) is 71.8 Å². The molecule has 9 rings (SSSR count). The Balaban J connectivity index is 1.01. The molecule has 0 saturated heterocycles. The molecule has 4 aliphatic heterocycles. The normalized spacial score (nSPS) is 16.6. The summed E-state index contributed by atoms with van der Waals surface area (Å²) in [6, 6.07) is 28.7. The molecule has 18 nitrogen and oxygen atoms in total. The number of ether oxygens (including phenoxy) is 7. The van der Waals surface area contributed by atoms with Crippen LogP contribution in [0.25, 0.3) is 0 Å². The summed E-state index contributed by atoms with van der Waals surface area (Å²) in [7, 11) is 3.12. The van der Waals surface area contributed by atoms with Crippen LogP contribution in [0.2, 0.25) is 0 Å². The molecule has 0 fully saturated rings. The van der Waals surface area contributed by atoms with E-state index in [2.05, 4.69) is 36.2 Å². The minimum absolute atomic E-state index is 0.0287. The van der Waals surface area contributed by atoms with Gasteiger partial charge in [-0.2, -0.15) is 8.42 Å². The third-order valence-electron chi connectivity index (χ3n) is 14.5. The molecular formula is C60H71N5O13S3. The van der Waals surface area contributed by atoms with Crippen molar-refractivity contribution in [2.45, 2.75) is 82.3 Å². The van der Waals surface area contributed by atoms with Gasteiger partial charge in [0.25, 0.3) is 21.9 Å². The zero-order valence-corrected chi connectivity index (χ0v) is 49.3. The lowest BCUT2D eigenvalue weighted by Gasteiger charge is -2.34. The van der Waals surface area contributed by atoms with Crippen molar-refractivity contribution in [1.82, 2.24) is 0 Å². The van der Waals surface area contributed by atoms with E-state index in [9.17, 15) is 27.4 Å². The summed E-state index contributed by atoms with van der Waals surface area (Å²) < 4.78 is 76.1. The van der Waals surface area contributed by atoms with Crippen LogP contribution in [0.1, 0.15) is 77.1 Å². The molecule has 4 heterocycles. The van der Waals surface area contributed by atoms with Crippen molar-refractivity contribution in [1.29, 1.82) is 0 Å². The highest BCUT2D eigenvalue weighted by atomic mass is 33.1. The molecule has 2 N–H and O–H groups in total. The number of ketones is 1. The van der Waals surface area contributed by atoms with E-state index in [0.717, 1.165) is 45.7 Å². The number of para-hydroxylation sites is 2. The third-order valence-corrected chi connectivity index (χ3v) is 19.0. The lowest BCUT2D eigenvalue weighted by Crippen LogP contribution is -2.39. The predicted molar refractivity (Wildman–Crippen MR) is 319 cm³/mol. The topological polar surface area (TPSA) is 204 Å². The van der Waals surface area contributed by atoms with Crippen LogP contribution < -0.4 is 39.0 Å². The zero-order chi connectivity index (χ0) is 57.4. The number of benzene rings is 5. The Bertz CT molecular complexity index is 3250. The second kappa shape index (κ2) is 26.3. The van der Waals surface area contributed by atoms with Gasteiger partial charge in [0.15, 0.2) is 28.8 Å². The molecule has 81 heavy (non-hydrogen) atoms. The van der Waals surface area contributed by atoms with E-state index in [4.69, 9.17) is 38.2 Å². The van der Waals surface area contributed by atoms with Gasteiger partial charge in [-0.15, -0.1) is 0 Å². The van der Waals surface area contributed by atoms with E-state index in [1.165, 1.54) is 17.9 Å². The van der Waals surface area contributed by atoms with E-state index in [-0.39, 0.29) is 43.5 Å². The number of hydrogen-bond acceptors (Lipinski definition) is 17. The Hall–Kier alpha value is -6.33. The summed E-state index contributed by atoms with van der Waals surface area (Å²) in [5.41, 5.74) is 8.38. The molecule has 0 aliphatic carbocycles. The summed E-state index contributed by atoms with van der Waals surface area (Å²) in [6.07, 6.45) is 3.19. The molecular weight excluding hydrogens is 1090 g/mol. The van der Waals surface area contributed by atoms with Crippen molar-refractivity contribution in [2.24, 2.45) is 10.9 Å². The predicted octanol–water partition coefficient (Wildman–Crippen LogP) is 9.66. The van der Waals surface area contributed by atoms with Gasteiger partial charge >= 0.3 is 0 Å². The minimum atomic E-state index is -4.59. The highest BCUT2D eigenvalue weighted by Crippen LogP contribution is 2.44. The zero-order valence-electron chi connectivity index (χ0n) is 46.8. The highest BCUT2D eigenvalue weighted by molar-refractivity contribution is 8.77. The Kier molecular flexibility index (Phi) is 19.2.